The summed E-state index contributed by atoms with van der Waals surface area (Å²) >= 11 is 3.10. The minimum absolute atomic E-state index is 0.124. The molecule has 2 aromatic heterocycles. The van der Waals surface area contributed by atoms with Gasteiger partial charge < -0.3 is 15.8 Å². The first-order valence-electron chi connectivity index (χ1n) is 6.66. The molecule has 0 spiro atoms. The highest BCUT2D eigenvalue weighted by Crippen LogP contribution is 2.27. The number of hydrogen-bond donors (Lipinski definition) is 2. The molecular formula is C14H17N3O3S2. The van der Waals surface area contributed by atoms with E-state index in [1.165, 1.54) is 18.4 Å². The molecule has 2 rings (SSSR count). The Balaban J connectivity index is 1.92. The fourth-order valence-corrected chi connectivity index (χ4v) is 3.47. The van der Waals surface area contributed by atoms with Crippen LogP contribution in [0.4, 0.5) is 0 Å². The average molecular weight is 339 g/mol. The number of carbonyl (C=O) groups excluding carboxylic acids is 2. The van der Waals surface area contributed by atoms with E-state index in [4.69, 9.17) is 10.5 Å². The van der Waals surface area contributed by atoms with E-state index in [0.29, 0.717) is 18.7 Å². The highest BCUT2D eigenvalue weighted by molar-refractivity contribution is 7.20. The van der Waals surface area contributed by atoms with E-state index in [1.54, 1.807) is 11.3 Å². The molecule has 0 aliphatic heterocycles. The Bertz CT molecular complexity index is 625. The SMILES string of the molecule is COCC[C@H](NC(=O)Cc1csc(-c2cccs2)n1)C(N)=O. The monoisotopic (exact) mass is 339 g/mol. The van der Waals surface area contributed by atoms with Crippen molar-refractivity contribution in [1.29, 1.82) is 0 Å². The molecule has 2 amide bonds. The van der Waals surface area contributed by atoms with Gasteiger partial charge in [-0.1, -0.05) is 6.07 Å². The second-order valence-corrected chi connectivity index (χ2v) is 6.41. The Morgan fingerprint density at radius 2 is 2.27 bits per heavy atom. The number of nitrogens with one attached hydrogen (secondary N) is 1. The number of nitrogens with zero attached hydrogens (tertiary/aromatic N) is 1. The van der Waals surface area contributed by atoms with E-state index in [2.05, 4.69) is 10.3 Å². The maximum absolute atomic E-state index is 12.0. The number of amides is 2. The third-order valence-electron chi connectivity index (χ3n) is 2.91. The molecule has 1 atom stereocenters. The largest absolute Gasteiger partial charge is 0.385 e. The van der Waals surface area contributed by atoms with Crippen molar-refractivity contribution in [3.05, 3.63) is 28.6 Å². The summed E-state index contributed by atoms with van der Waals surface area (Å²) in [7, 11) is 1.53. The number of rotatable bonds is 8. The van der Waals surface area contributed by atoms with Crippen molar-refractivity contribution < 1.29 is 14.3 Å². The average Bonchev–Trinajstić information content (AvgIpc) is 3.13. The predicted octanol–water partition coefficient (Wildman–Crippen LogP) is 1.42. The van der Waals surface area contributed by atoms with Crippen LogP contribution in [0.3, 0.4) is 0 Å². The molecule has 2 aromatic rings. The van der Waals surface area contributed by atoms with Gasteiger partial charge in [0.25, 0.3) is 0 Å². The smallest absolute Gasteiger partial charge is 0.240 e. The number of nitrogens with two attached hydrogens (primary N) is 1. The molecule has 0 unspecified atom stereocenters. The van der Waals surface area contributed by atoms with Crippen LogP contribution in [0.1, 0.15) is 12.1 Å². The number of thiazole rings is 1. The van der Waals surface area contributed by atoms with E-state index in [9.17, 15) is 9.59 Å². The van der Waals surface area contributed by atoms with Gasteiger partial charge >= 0.3 is 0 Å². The summed E-state index contributed by atoms with van der Waals surface area (Å²) in [5.41, 5.74) is 5.95. The second kappa shape index (κ2) is 8.02. The lowest BCUT2D eigenvalue weighted by Crippen LogP contribution is -2.45. The first kappa shape index (κ1) is 16.6. The van der Waals surface area contributed by atoms with Crippen LogP contribution in [-0.4, -0.2) is 36.6 Å². The summed E-state index contributed by atoms with van der Waals surface area (Å²) in [5.74, 6) is -0.842. The number of hydrogen-bond acceptors (Lipinski definition) is 6. The van der Waals surface area contributed by atoms with Crippen molar-refractivity contribution in [3.63, 3.8) is 0 Å². The van der Waals surface area contributed by atoms with Crippen LogP contribution in [-0.2, 0) is 20.7 Å². The quantitative estimate of drug-likeness (QED) is 0.760. The lowest BCUT2D eigenvalue weighted by Gasteiger charge is -2.14. The molecule has 0 aliphatic carbocycles. The molecule has 0 aliphatic rings. The highest BCUT2D eigenvalue weighted by atomic mass is 32.1. The Kier molecular flexibility index (Phi) is 6.05. The van der Waals surface area contributed by atoms with Gasteiger partial charge in [0, 0.05) is 19.1 Å². The highest BCUT2D eigenvalue weighted by Gasteiger charge is 2.18. The molecule has 118 valence electrons. The molecule has 0 saturated heterocycles. The number of aromatic nitrogens is 1. The number of thiophene rings is 1. The molecule has 6 nitrogen and oxygen atoms in total. The molecule has 2 heterocycles. The first-order valence-corrected chi connectivity index (χ1v) is 8.42. The van der Waals surface area contributed by atoms with Crippen molar-refractivity contribution in [2.45, 2.75) is 18.9 Å². The van der Waals surface area contributed by atoms with Crippen molar-refractivity contribution in [1.82, 2.24) is 10.3 Å². The molecule has 22 heavy (non-hydrogen) atoms. The molecule has 8 heteroatoms. The first-order chi connectivity index (χ1) is 10.6. The summed E-state index contributed by atoms with van der Waals surface area (Å²) < 4.78 is 4.90. The van der Waals surface area contributed by atoms with Crippen LogP contribution in [0.5, 0.6) is 0 Å². The van der Waals surface area contributed by atoms with Gasteiger partial charge in [0.15, 0.2) is 0 Å². The van der Waals surface area contributed by atoms with Gasteiger partial charge in [0.2, 0.25) is 11.8 Å². The Hall–Kier alpha value is -1.77. The van der Waals surface area contributed by atoms with E-state index < -0.39 is 11.9 Å². The van der Waals surface area contributed by atoms with Crippen LogP contribution in [0.2, 0.25) is 0 Å². The van der Waals surface area contributed by atoms with Crippen LogP contribution in [0.15, 0.2) is 22.9 Å². The van der Waals surface area contributed by atoms with Crippen molar-refractivity contribution in [2.75, 3.05) is 13.7 Å². The molecule has 0 saturated carbocycles. The molecule has 3 N–H and O–H groups in total. The Labute approximate surface area is 136 Å². The molecule has 0 aromatic carbocycles. The van der Waals surface area contributed by atoms with Crippen LogP contribution < -0.4 is 11.1 Å². The molecule has 0 fully saturated rings. The van der Waals surface area contributed by atoms with Crippen molar-refractivity contribution in [3.8, 4) is 9.88 Å². The second-order valence-electron chi connectivity index (χ2n) is 4.60. The summed E-state index contributed by atoms with van der Waals surface area (Å²) in [4.78, 5) is 28.8. The van der Waals surface area contributed by atoms with E-state index in [-0.39, 0.29) is 12.3 Å². The van der Waals surface area contributed by atoms with Gasteiger partial charge in [-0.25, -0.2) is 4.98 Å². The topological polar surface area (TPSA) is 94.3 Å². The zero-order chi connectivity index (χ0) is 15.9. The fraction of sp³-hybridized carbons (Fsp3) is 0.357. The minimum atomic E-state index is -0.720. The van der Waals surface area contributed by atoms with Crippen LogP contribution in [0, 0.1) is 0 Å². The number of carbonyl (C=O) groups is 2. The lowest BCUT2D eigenvalue weighted by molar-refractivity contribution is -0.127. The van der Waals surface area contributed by atoms with Gasteiger partial charge in [0.1, 0.15) is 11.0 Å². The third kappa shape index (κ3) is 4.62. The molecular weight excluding hydrogens is 322 g/mol. The summed E-state index contributed by atoms with van der Waals surface area (Å²) in [5, 5.41) is 7.34. The van der Waals surface area contributed by atoms with Gasteiger partial charge in [-0.3, -0.25) is 9.59 Å². The Morgan fingerprint density at radius 1 is 1.45 bits per heavy atom. The van der Waals surface area contributed by atoms with Gasteiger partial charge in [-0.15, -0.1) is 22.7 Å². The summed E-state index contributed by atoms with van der Waals surface area (Å²) in [6, 6.07) is 3.23. The normalized spacial score (nSPS) is 12.0. The van der Waals surface area contributed by atoms with Gasteiger partial charge in [-0.05, 0) is 17.9 Å². The van der Waals surface area contributed by atoms with Gasteiger partial charge in [0.05, 0.1) is 17.0 Å². The summed E-state index contributed by atoms with van der Waals surface area (Å²) in [6.07, 6.45) is 0.480. The predicted molar refractivity (Wildman–Crippen MR) is 86.7 cm³/mol. The van der Waals surface area contributed by atoms with E-state index in [0.717, 1.165) is 9.88 Å². The van der Waals surface area contributed by atoms with Gasteiger partial charge in [-0.2, -0.15) is 0 Å². The third-order valence-corrected chi connectivity index (χ3v) is 4.84. The Morgan fingerprint density at radius 3 is 2.91 bits per heavy atom. The van der Waals surface area contributed by atoms with E-state index >= 15 is 0 Å². The van der Waals surface area contributed by atoms with E-state index in [1.807, 2.05) is 22.9 Å². The number of ether oxygens (including phenoxy) is 1. The maximum atomic E-state index is 12.0. The molecule has 0 bridgehead atoms. The minimum Gasteiger partial charge on any atom is -0.385 e. The van der Waals surface area contributed by atoms with Crippen LogP contribution >= 0.6 is 22.7 Å². The standard InChI is InChI=1S/C14H17N3O3S2/c1-20-5-4-10(13(15)19)17-12(18)7-9-8-22-14(16-9)11-3-2-6-21-11/h2-3,6,8,10H,4-5,7H2,1H3,(H2,15,19)(H,17,18)/t10-/m0/s1. The number of primary amides is 1. The fourth-order valence-electron chi connectivity index (χ4n) is 1.83. The zero-order valence-corrected chi connectivity index (χ0v) is 13.7. The zero-order valence-electron chi connectivity index (χ0n) is 12.1. The lowest BCUT2D eigenvalue weighted by atomic mass is 10.2. The maximum Gasteiger partial charge on any atom is 0.240 e. The van der Waals surface area contributed by atoms with Crippen molar-refractivity contribution >= 4 is 34.5 Å². The number of methoxy groups -OCH3 is 1. The summed E-state index contributed by atoms with van der Waals surface area (Å²) in [6.45, 7) is 0.354. The van der Waals surface area contributed by atoms with Crippen LogP contribution in [0.25, 0.3) is 9.88 Å². The van der Waals surface area contributed by atoms with Crippen molar-refractivity contribution in [2.24, 2.45) is 5.73 Å². The molecule has 0 radical (unpaired) electrons.